The van der Waals surface area contributed by atoms with Crippen molar-refractivity contribution in [3.8, 4) is 0 Å². The van der Waals surface area contributed by atoms with Gasteiger partial charge in [0, 0.05) is 23.5 Å². The van der Waals surface area contributed by atoms with Gasteiger partial charge in [-0.2, -0.15) is 0 Å². The summed E-state index contributed by atoms with van der Waals surface area (Å²) in [6, 6.07) is -0.270. The molecule has 3 heterocycles. The molecule has 20 heavy (non-hydrogen) atoms. The van der Waals surface area contributed by atoms with Crippen molar-refractivity contribution < 1.29 is 9.55 Å². The van der Waals surface area contributed by atoms with Gasteiger partial charge < -0.3 is 0 Å². The van der Waals surface area contributed by atoms with Crippen molar-refractivity contribution in [3.63, 3.8) is 0 Å². The molecule has 3 atom stereocenters. The minimum Gasteiger partial charge on any atom is -0.298 e. The van der Waals surface area contributed by atoms with E-state index in [1.165, 1.54) is 0 Å². The first-order chi connectivity index (χ1) is 9.63. The molecule has 0 aromatic rings. The van der Waals surface area contributed by atoms with Crippen LogP contribution >= 0.6 is 23.4 Å². The molecule has 3 aliphatic heterocycles. The normalized spacial score (nSPS) is 31.8. The number of hydrogen-bond acceptors (Lipinski definition) is 5. The van der Waals surface area contributed by atoms with Crippen LogP contribution in [0.2, 0.25) is 0 Å². The number of aliphatic imine (C=N–C) groups is 2. The molecular formula is C13H13ClN3O2S+. The summed E-state index contributed by atoms with van der Waals surface area (Å²) in [5, 5.41) is 1.93. The molecule has 3 unspecified atom stereocenters. The fraction of sp³-hybridized carbons (Fsp3) is 0.462. The first kappa shape index (κ1) is 13.7. The molecule has 0 fully saturated rings. The number of allylic oxidation sites excluding steroid dienone is 1. The maximum Gasteiger partial charge on any atom is 0.383 e. The van der Waals surface area contributed by atoms with Gasteiger partial charge in [0.1, 0.15) is 11.9 Å². The molecule has 0 aromatic heterocycles. The number of halogens is 1. The molecule has 0 N–H and O–H groups in total. The number of nitroso groups, excluding NO2 is 1. The number of rotatable bonds is 2. The number of fused-ring (bicyclic) bond motifs is 1. The molecular weight excluding hydrogens is 298 g/mol. The zero-order valence-corrected chi connectivity index (χ0v) is 12.4. The Bertz CT molecular complexity index is 609. The third kappa shape index (κ3) is 2.07. The molecule has 3 rings (SSSR count). The standard InChI is InChI=1S/C13H13ClN3O2S/c1-7-3-16-13-12(11(7)10(18)2-14)15-4-8-5-20-6-9(8)17(13)19/h3-5,7,9,11H,2,6H2,1H3/q+1. The van der Waals surface area contributed by atoms with E-state index in [1.807, 2.05) is 12.3 Å². The number of carbonyl (C=O) groups excluding carboxylic acids is 1. The van der Waals surface area contributed by atoms with Crippen molar-refractivity contribution in [2.45, 2.75) is 13.0 Å². The Balaban J connectivity index is 2.09. The van der Waals surface area contributed by atoms with Gasteiger partial charge >= 0.3 is 5.82 Å². The second-order valence-corrected chi connectivity index (χ2v) is 6.14. The van der Waals surface area contributed by atoms with Crippen LogP contribution in [0.25, 0.3) is 0 Å². The number of hydrogen-bond donors (Lipinski definition) is 0. The average Bonchev–Trinajstić information content (AvgIpc) is 2.87. The van der Waals surface area contributed by atoms with Crippen LogP contribution < -0.4 is 0 Å². The van der Waals surface area contributed by atoms with Crippen molar-refractivity contribution in [2.75, 3.05) is 11.6 Å². The molecule has 5 nitrogen and oxygen atoms in total. The fourth-order valence-corrected chi connectivity index (χ4v) is 3.77. The molecule has 7 heteroatoms. The molecule has 0 aliphatic carbocycles. The van der Waals surface area contributed by atoms with E-state index in [2.05, 4.69) is 9.98 Å². The highest BCUT2D eigenvalue weighted by Gasteiger charge is 2.44. The minimum atomic E-state index is -0.486. The number of carbonyl (C=O) groups is 1. The Morgan fingerprint density at radius 1 is 1.55 bits per heavy atom. The van der Waals surface area contributed by atoms with Crippen molar-refractivity contribution in [3.05, 3.63) is 27.4 Å². The first-order valence-corrected chi connectivity index (χ1v) is 7.91. The predicted octanol–water partition coefficient (Wildman–Crippen LogP) is 2.16. The van der Waals surface area contributed by atoms with Crippen molar-refractivity contribution in [2.24, 2.45) is 21.8 Å². The van der Waals surface area contributed by atoms with Gasteiger partial charge in [-0.05, 0) is 15.2 Å². The molecule has 3 aliphatic rings. The highest BCUT2D eigenvalue weighted by Crippen LogP contribution is 2.35. The van der Waals surface area contributed by atoms with Gasteiger partial charge in [0.2, 0.25) is 0 Å². The summed E-state index contributed by atoms with van der Waals surface area (Å²) in [7, 11) is 0. The Hall–Kier alpha value is -1.27. The summed E-state index contributed by atoms with van der Waals surface area (Å²) in [5.74, 6) is 0.126. The monoisotopic (exact) mass is 310 g/mol. The van der Waals surface area contributed by atoms with Gasteiger partial charge in [0.15, 0.2) is 11.8 Å². The lowest BCUT2D eigenvalue weighted by Crippen LogP contribution is -2.32. The molecule has 0 aromatic carbocycles. The van der Waals surface area contributed by atoms with Crippen LogP contribution in [-0.4, -0.2) is 40.6 Å². The summed E-state index contributed by atoms with van der Waals surface area (Å²) < 4.78 is 0.880. The van der Waals surface area contributed by atoms with Crippen molar-refractivity contribution in [1.82, 2.24) is 0 Å². The largest absolute Gasteiger partial charge is 0.383 e. The molecule has 0 radical (unpaired) electrons. The van der Waals surface area contributed by atoms with E-state index in [1.54, 1.807) is 24.2 Å². The van der Waals surface area contributed by atoms with Crippen LogP contribution in [0.5, 0.6) is 0 Å². The van der Waals surface area contributed by atoms with Gasteiger partial charge in [-0.1, -0.05) is 11.8 Å². The third-order valence-corrected chi connectivity index (χ3v) is 4.87. The molecule has 0 bridgehead atoms. The van der Waals surface area contributed by atoms with Crippen LogP contribution in [0.15, 0.2) is 32.5 Å². The average molecular weight is 311 g/mol. The lowest BCUT2D eigenvalue weighted by molar-refractivity contribution is -0.524. The second-order valence-electron chi connectivity index (χ2n) is 4.97. The van der Waals surface area contributed by atoms with E-state index in [0.717, 1.165) is 10.3 Å². The van der Waals surface area contributed by atoms with E-state index < -0.39 is 5.92 Å². The summed E-state index contributed by atoms with van der Waals surface area (Å²) in [4.78, 5) is 33.1. The topological polar surface area (TPSA) is 61.9 Å². The third-order valence-electron chi connectivity index (χ3n) is 3.66. The fourth-order valence-electron chi connectivity index (χ4n) is 2.59. The van der Waals surface area contributed by atoms with Gasteiger partial charge in [-0.15, -0.1) is 23.4 Å². The van der Waals surface area contributed by atoms with E-state index in [9.17, 15) is 9.70 Å². The SMILES string of the molecule is CC1C=NC2=C(N=CC3=CSCC3[N+]2=O)C1C(=O)CCl. The molecule has 0 saturated heterocycles. The lowest BCUT2D eigenvalue weighted by atomic mass is 9.87. The lowest BCUT2D eigenvalue weighted by Gasteiger charge is -2.19. The Morgan fingerprint density at radius 2 is 2.35 bits per heavy atom. The van der Waals surface area contributed by atoms with Crippen LogP contribution in [0.1, 0.15) is 6.92 Å². The van der Waals surface area contributed by atoms with Crippen LogP contribution in [-0.2, 0) is 4.79 Å². The van der Waals surface area contributed by atoms with Crippen LogP contribution in [0, 0.1) is 16.7 Å². The quantitative estimate of drug-likeness (QED) is 0.580. The summed E-state index contributed by atoms with van der Waals surface area (Å²) in [6.07, 6.45) is 3.32. The number of nitrogens with zero attached hydrogens (tertiary/aromatic N) is 3. The minimum absolute atomic E-state index is 0.0873. The maximum absolute atomic E-state index is 12.5. The molecule has 0 spiro atoms. The zero-order valence-electron chi connectivity index (χ0n) is 10.8. The number of ketones is 1. The van der Waals surface area contributed by atoms with Crippen molar-refractivity contribution >= 4 is 41.6 Å². The molecule has 104 valence electrons. The van der Waals surface area contributed by atoms with E-state index in [4.69, 9.17) is 11.6 Å². The van der Waals surface area contributed by atoms with Gasteiger partial charge in [0.05, 0.1) is 11.8 Å². The number of thioether (sulfide) groups is 1. The van der Waals surface area contributed by atoms with Crippen LogP contribution in [0.3, 0.4) is 0 Å². The molecule has 0 saturated carbocycles. The van der Waals surface area contributed by atoms with Crippen molar-refractivity contribution in [1.29, 1.82) is 0 Å². The van der Waals surface area contributed by atoms with Gasteiger partial charge in [-0.3, -0.25) is 9.79 Å². The molecule has 0 amide bonds. The smallest absolute Gasteiger partial charge is 0.298 e. The zero-order chi connectivity index (χ0) is 14.3. The Morgan fingerprint density at radius 3 is 3.10 bits per heavy atom. The number of Topliss-reactive ketones (excluding diaryl/α,β-unsaturated/α-hetero) is 1. The van der Waals surface area contributed by atoms with Gasteiger partial charge in [-0.25, -0.2) is 0 Å². The summed E-state index contributed by atoms with van der Waals surface area (Å²) in [6.45, 7) is 1.88. The summed E-state index contributed by atoms with van der Waals surface area (Å²) in [5.41, 5.74) is 1.32. The van der Waals surface area contributed by atoms with E-state index >= 15 is 0 Å². The second kappa shape index (κ2) is 5.26. The Labute approximate surface area is 125 Å². The Kier molecular flexibility index (Phi) is 3.60. The highest BCUT2D eigenvalue weighted by molar-refractivity contribution is 8.02. The van der Waals surface area contributed by atoms with E-state index in [-0.39, 0.29) is 29.4 Å². The predicted molar refractivity (Wildman–Crippen MR) is 80.3 cm³/mol. The van der Waals surface area contributed by atoms with E-state index in [0.29, 0.717) is 11.4 Å². The summed E-state index contributed by atoms with van der Waals surface area (Å²) >= 11 is 7.27. The maximum atomic E-state index is 12.5. The van der Waals surface area contributed by atoms with Crippen LogP contribution in [0.4, 0.5) is 0 Å². The number of alkyl halides is 1. The van der Waals surface area contributed by atoms with Gasteiger partial charge in [0.25, 0.3) is 0 Å². The highest BCUT2D eigenvalue weighted by atomic mass is 35.5. The first-order valence-electron chi connectivity index (χ1n) is 6.32.